The van der Waals surface area contributed by atoms with Crippen LogP contribution in [-0.2, 0) is 12.8 Å². The Morgan fingerprint density at radius 2 is 0.981 bits per heavy atom. The highest BCUT2D eigenvalue weighted by atomic mass is 16.5. The lowest BCUT2D eigenvalue weighted by molar-refractivity contribution is 0.414. The van der Waals surface area contributed by atoms with Crippen LogP contribution in [-0.4, -0.2) is 38.4 Å². The first-order valence-electron chi connectivity index (χ1n) is 17.7. The lowest BCUT2D eigenvalue weighted by atomic mass is 9.90. The SMILES string of the molecule is CCc1cc(N(c2ccc(OC)cc2)c2ccc(OC)cc2)c(CC)c(-c2nc(=O)c3cnc(=O)c2=3)c1N(c1ccc(OC)cc1)c1ccc(OC)cc1. The summed E-state index contributed by atoms with van der Waals surface area (Å²) in [7, 11) is 6.55. The van der Waals surface area contributed by atoms with Crippen LogP contribution in [0.4, 0.5) is 34.1 Å². The van der Waals surface area contributed by atoms with E-state index in [9.17, 15) is 9.59 Å². The molecular formula is C44H40N4O6. The summed E-state index contributed by atoms with van der Waals surface area (Å²) in [6.07, 6.45) is 2.45. The predicted octanol–water partition coefficient (Wildman–Crippen LogP) is 8.56. The summed E-state index contributed by atoms with van der Waals surface area (Å²) in [5, 5.41) is 0.411. The van der Waals surface area contributed by atoms with Gasteiger partial charge in [-0.25, -0.2) is 9.97 Å². The van der Waals surface area contributed by atoms with E-state index in [1.54, 1.807) is 28.4 Å². The van der Waals surface area contributed by atoms with Crippen LogP contribution in [0.25, 0.3) is 11.3 Å². The highest BCUT2D eigenvalue weighted by Crippen LogP contribution is 2.50. The van der Waals surface area contributed by atoms with Crippen LogP contribution in [0, 0.1) is 10.4 Å². The Morgan fingerprint density at radius 3 is 1.37 bits per heavy atom. The maximum Gasteiger partial charge on any atom is 0.280 e. The zero-order valence-electron chi connectivity index (χ0n) is 31.0. The van der Waals surface area contributed by atoms with Gasteiger partial charge in [0.25, 0.3) is 11.1 Å². The van der Waals surface area contributed by atoms with Crippen molar-refractivity contribution in [3.63, 3.8) is 0 Å². The van der Waals surface area contributed by atoms with Gasteiger partial charge in [-0.2, -0.15) is 0 Å². The van der Waals surface area contributed by atoms with E-state index in [4.69, 9.17) is 18.9 Å². The molecule has 0 aromatic heterocycles. The third-order valence-corrected chi connectivity index (χ3v) is 9.70. The van der Waals surface area contributed by atoms with Gasteiger partial charge in [0, 0.05) is 34.5 Å². The third kappa shape index (κ3) is 6.36. The summed E-state index contributed by atoms with van der Waals surface area (Å²) < 4.78 is 22.1. The molecule has 5 aromatic carbocycles. The van der Waals surface area contributed by atoms with Crippen LogP contribution >= 0.6 is 0 Å². The summed E-state index contributed by atoms with van der Waals surface area (Å²) in [5.74, 6) is 2.86. The molecule has 5 aromatic rings. The molecule has 0 aliphatic carbocycles. The van der Waals surface area contributed by atoms with Gasteiger partial charge in [-0.1, -0.05) is 13.8 Å². The molecule has 0 saturated heterocycles. The highest BCUT2D eigenvalue weighted by molar-refractivity contribution is 5.96. The van der Waals surface area contributed by atoms with E-state index in [0.717, 1.165) is 56.8 Å². The Hall–Kier alpha value is -6.68. The topological polar surface area (TPSA) is 103 Å². The Morgan fingerprint density at radius 1 is 0.556 bits per heavy atom. The van der Waals surface area contributed by atoms with Crippen LogP contribution in [0.5, 0.6) is 23.0 Å². The molecule has 0 atom stereocenters. The summed E-state index contributed by atoms with van der Waals surface area (Å²) in [6.45, 7) is 4.17. The van der Waals surface area contributed by atoms with Gasteiger partial charge in [-0.15, -0.1) is 0 Å². The molecule has 10 heteroatoms. The van der Waals surface area contributed by atoms with E-state index in [0.29, 0.717) is 35.6 Å². The van der Waals surface area contributed by atoms with Crippen molar-refractivity contribution in [1.82, 2.24) is 9.97 Å². The Bertz CT molecular complexity index is 2450. The van der Waals surface area contributed by atoms with Crippen molar-refractivity contribution in [3.05, 3.63) is 152 Å². The largest absolute Gasteiger partial charge is 0.497 e. The first-order valence-corrected chi connectivity index (χ1v) is 17.7. The number of benzene rings is 5. The second-order valence-corrected chi connectivity index (χ2v) is 12.5. The molecular weight excluding hydrogens is 681 g/mol. The quantitative estimate of drug-likeness (QED) is 0.115. The lowest BCUT2D eigenvalue weighted by Crippen LogP contribution is -2.19. The van der Waals surface area contributed by atoms with Crippen LogP contribution in [0.3, 0.4) is 0 Å². The van der Waals surface area contributed by atoms with E-state index in [1.165, 1.54) is 6.20 Å². The molecule has 2 aliphatic rings. The zero-order chi connectivity index (χ0) is 37.9. The second kappa shape index (κ2) is 15.1. The number of aryl methyl sites for hydroxylation is 1. The molecule has 0 amide bonds. The van der Waals surface area contributed by atoms with E-state index in [-0.39, 0.29) is 10.4 Å². The Balaban J connectivity index is 1.63. The molecule has 10 nitrogen and oxygen atoms in total. The highest BCUT2D eigenvalue weighted by Gasteiger charge is 2.30. The normalized spacial score (nSPS) is 11.1. The first-order chi connectivity index (χ1) is 26.3. The molecule has 0 spiro atoms. The minimum atomic E-state index is -0.492. The van der Waals surface area contributed by atoms with Gasteiger partial charge >= 0.3 is 0 Å². The van der Waals surface area contributed by atoms with Gasteiger partial charge in [0.2, 0.25) is 0 Å². The summed E-state index contributed by atoms with van der Waals surface area (Å²) in [5.41, 5.74) is 6.89. The van der Waals surface area contributed by atoms with Gasteiger partial charge in [0.15, 0.2) is 0 Å². The number of hydrogen-bond acceptors (Lipinski definition) is 10. The van der Waals surface area contributed by atoms with E-state index >= 15 is 0 Å². The van der Waals surface area contributed by atoms with Crippen LogP contribution in [0.2, 0.25) is 0 Å². The van der Waals surface area contributed by atoms with Crippen molar-refractivity contribution in [3.8, 4) is 34.3 Å². The van der Waals surface area contributed by atoms with Crippen molar-refractivity contribution in [2.45, 2.75) is 26.7 Å². The summed E-state index contributed by atoms with van der Waals surface area (Å²) in [6, 6.07) is 33.5. The smallest absolute Gasteiger partial charge is 0.280 e. The second-order valence-electron chi connectivity index (χ2n) is 12.5. The molecule has 54 heavy (non-hydrogen) atoms. The zero-order valence-corrected chi connectivity index (χ0v) is 31.0. The Labute approximate surface area is 313 Å². The van der Waals surface area contributed by atoms with Crippen molar-refractivity contribution in [2.75, 3.05) is 38.2 Å². The van der Waals surface area contributed by atoms with Gasteiger partial charge < -0.3 is 28.7 Å². The number of aromatic nitrogens is 2. The van der Waals surface area contributed by atoms with E-state index in [2.05, 4.69) is 39.7 Å². The van der Waals surface area contributed by atoms with E-state index in [1.807, 2.05) is 97.1 Å². The van der Waals surface area contributed by atoms with Crippen molar-refractivity contribution < 1.29 is 18.9 Å². The van der Waals surface area contributed by atoms with Crippen LogP contribution < -0.4 is 39.9 Å². The number of anilines is 6. The average Bonchev–Trinajstić information content (AvgIpc) is 3.78. The fourth-order valence-electron chi connectivity index (χ4n) is 7.01. The van der Waals surface area contributed by atoms with Gasteiger partial charge in [-0.3, -0.25) is 9.59 Å². The van der Waals surface area contributed by atoms with Crippen LogP contribution in [0.15, 0.2) is 119 Å². The van der Waals surface area contributed by atoms with Gasteiger partial charge in [-0.05, 0) is 127 Å². The number of methoxy groups -OCH3 is 4. The fourth-order valence-corrected chi connectivity index (χ4v) is 7.01. The van der Waals surface area contributed by atoms with Gasteiger partial charge in [0.05, 0.1) is 55.9 Å². The van der Waals surface area contributed by atoms with Crippen LogP contribution in [0.1, 0.15) is 25.0 Å². The maximum atomic E-state index is 13.5. The number of rotatable bonds is 13. The molecule has 0 bridgehead atoms. The summed E-state index contributed by atoms with van der Waals surface area (Å²) >= 11 is 0. The van der Waals surface area contributed by atoms with E-state index < -0.39 is 11.1 Å². The third-order valence-electron chi connectivity index (χ3n) is 9.70. The molecule has 7 rings (SSSR count). The van der Waals surface area contributed by atoms with Crippen molar-refractivity contribution in [1.29, 1.82) is 0 Å². The average molecular weight is 721 g/mol. The molecule has 2 aliphatic heterocycles. The molecule has 0 unspecified atom stereocenters. The molecule has 272 valence electrons. The molecule has 0 radical (unpaired) electrons. The van der Waals surface area contributed by atoms with Crippen molar-refractivity contribution >= 4 is 34.1 Å². The minimum Gasteiger partial charge on any atom is -0.497 e. The fraction of sp³-hybridized carbons (Fsp3) is 0.182. The number of hydrogen-bond donors (Lipinski definition) is 0. The first kappa shape index (κ1) is 35.7. The van der Waals surface area contributed by atoms with Gasteiger partial charge in [0.1, 0.15) is 23.0 Å². The lowest BCUT2D eigenvalue weighted by Gasteiger charge is -2.35. The number of nitrogens with zero attached hydrogens (tertiary/aromatic N) is 4. The number of ether oxygens (including phenoxy) is 4. The Kier molecular flexibility index (Phi) is 10.00. The molecule has 0 N–H and O–H groups in total. The predicted molar refractivity (Wildman–Crippen MR) is 212 cm³/mol. The minimum absolute atomic E-state index is 0.203. The molecule has 0 fully saturated rings. The molecule has 2 heterocycles. The standard InChI is InChI=1S/C44H40N4O6/c1-7-27-25-38(47(28-9-17-32(51-3)18-10-28)29-11-19-33(52-4)20-12-29)36(8-2)39(41-40-37(43(49)46-41)26-45-44(40)50)42(27)48(30-13-21-34(53-5)22-14-30)31-15-23-35(54-6)24-16-31/h9-26H,7-8H2,1-6H3. The summed E-state index contributed by atoms with van der Waals surface area (Å²) in [4.78, 5) is 40.0. The molecule has 0 saturated carbocycles. The van der Waals surface area contributed by atoms with Crippen molar-refractivity contribution in [2.24, 2.45) is 0 Å². The maximum absolute atomic E-state index is 13.5. The monoisotopic (exact) mass is 720 g/mol.